The van der Waals surface area contributed by atoms with Gasteiger partial charge in [-0.1, -0.05) is 19.3 Å². The molecule has 1 fully saturated rings. The SMILES string of the molecule is CN(C(=O)[C@](F)(OC(F)(F)C(F)(F)C(F)(F)F)C(F)(F)F)C1CCCCC1. The summed E-state index contributed by atoms with van der Waals surface area (Å²) in [5.41, 5.74) is 0. The third-order valence-corrected chi connectivity index (χ3v) is 4.07. The maximum Gasteiger partial charge on any atom is 0.462 e. The summed E-state index contributed by atoms with van der Waals surface area (Å²) < 4.78 is 143. The Morgan fingerprint density at radius 2 is 1.26 bits per heavy atom. The number of ether oxygens (including phenoxy) is 1. The molecule has 1 atom stereocenters. The van der Waals surface area contributed by atoms with E-state index in [4.69, 9.17) is 0 Å². The lowest BCUT2D eigenvalue weighted by Gasteiger charge is -2.38. The largest absolute Gasteiger partial charge is 0.462 e. The van der Waals surface area contributed by atoms with Crippen LogP contribution in [0.3, 0.4) is 0 Å². The van der Waals surface area contributed by atoms with Crippen LogP contribution in [0.2, 0.25) is 0 Å². The van der Waals surface area contributed by atoms with Gasteiger partial charge in [-0.15, -0.1) is 0 Å². The highest BCUT2D eigenvalue weighted by molar-refractivity contribution is 5.84. The number of carbonyl (C=O) groups excluding carboxylic acids is 1. The summed E-state index contributed by atoms with van der Waals surface area (Å²) in [6.07, 6.45) is -19.2. The van der Waals surface area contributed by atoms with Crippen LogP contribution in [0.4, 0.5) is 48.3 Å². The number of halogens is 11. The lowest BCUT2D eigenvalue weighted by molar-refractivity contribution is -0.473. The number of hydrogen-bond acceptors (Lipinski definition) is 2. The molecule has 14 heteroatoms. The Morgan fingerprint density at radius 3 is 1.63 bits per heavy atom. The molecule has 0 aromatic rings. The topological polar surface area (TPSA) is 29.5 Å². The van der Waals surface area contributed by atoms with E-state index in [1.165, 1.54) is 0 Å². The zero-order valence-corrected chi connectivity index (χ0v) is 13.5. The molecule has 0 N–H and O–H groups in total. The van der Waals surface area contributed by atoms with E-state index in [9.17, 15) is 53.1 Å². The molecule has 1 aliphatic rings. The highest BCUT2D eigenvalue weighted by Gasteiger charge is 2.80. The van der Waals surface area contributed by atoms with E-state index in [-0.39, 0.29) is 17.7 Å². The second-order valence-electron chi connectivity index (χ2n) is 5.99. The third kappa shape index (κ3) is 4.40. The standard InChI is InChI=1S/C13H14F11NO2/c1-25(7-5-3-2-4-6-7)8(26)9(14,11(17,18)19)27-13(23,24)10(15,16)12(20,21)22/h7H,2-6H2,1H3/t9-/m0/s1. The Kier molecular flexibility index (Phi) is 6.36. The Morgan fingerprint density at radius 1 is 0.815 bits per heavy atom. The first-order valence-corrected chi connectivity index (χ1v) is 7.44. The van der Waals surface area contributed by atoms with E-state index >= 15 is 0 Å². The zero-order valence-electron chi connectivity index (χ0n) is 13.5. The minimum atomic E-state index is -7.19. The van der Waals surface area contributed by atoms with Crippen LogP contribution in [-0.2, 0) is 9.53 Å². The molecule has 1 aliphatic carbocycles. The fraction of sp³-hybridized carbons (Fsp3) is 0.923. The number of amides is 1. The van der Waals surface area contributed by atoms with Crippen molar-refractivity contribution in [3.05, 3.63) is 0 Å². The van der Waals surface area contributed by atoms with Crippen molar-refractivity contribution in [2.24, 2.45) is 0 Å². The second-order valence-corrected chi connectivity index (χ2v) is 5.99. The van der Waals surface area contributed by atoms with Crippen LogP contribution in [0, 0.1) is 0 Å². The first kappa shape index (κ1) is 23.7. The predicted octanol–water partition coefficient (Wildman–Crippen LogP) is 4.81. The van der Waals surface area contributed by atoms with Crippen molar-refractivity contribution in [1.29, 1.82) is 0 Å². The van der Waals surface area contributed by atoms with Crippen LogP contribution in [0.5, 0.6) is 0 Å². The van der Waals surface area contributed by atoms with Gasteiger partial charge in [0, 0.05) is 13.1 Å². The smallest absolute Gasteiger partial charge is 0.337 e. The zero-order chi connectivity index (χ0) is 21.5. The van der Waals surface area contributed by atoms with Crippen LogP contribution >= 0.6 is 0 Å². The van der Waals surface area contributed by atoms with E-state index in [2.05, 4.69) is 4.74 Å². The predicted molar refractivity (Wildman–Crippen MR) is 66.6 cm³/mol. The molecule has 0 spiro atoms. The van der Waals surface area contributed by atoms with Crippen molar-refractivity contribution < 1.29 is 57.8 Å². The summed E-state index contributed by atoms with van der Waals surface area (Å²) in [5.74, 6) is -16.1. The summed E-state index contributed by atoms with van der Waals surface area (Å²) in [5, 5.41) is 0. The van der Waals surface area contributed by atoms with Crippen molar-refractivity contribution >= 4 is 5.91 Å². The van der Waals surface area contributed by atoms with Gasteiger partial charge in [0.2, 0.25) is 0 Å². The van der Waals surface area contributed by atoms with Gasteiger partial charge in [-0.3, -0.25) is 9.53 Å². The number of carbonyl (C=O) groups is 1. The Balaban J connectivity index is 3.25. The molecule has 27 heavy (non-hydrogen) atoms. The van der Waals surface area contributed by atoms with Crippen LogP contribution in [0.15, 0.2) is 0 Å². The highest BCUT2D eigenvalue weighted by Crippen LogP contribution is 2.51. The molecule has 3 nitrogen and oxygen atoms in total. The molecule has 1 amide bonds. The first-order valence-electron chi connectivity index (χ1n) is 7.44. The molecular weight excluding hydrogens is 411 g/mol. The van der Waals surface area contributed by atoms with Crippen molar-refractivity contribution in [2.75, 3.05) is 7.05 Å². The van der Waals surface area contributed by atoms with E-state index in [1.807, 2.05) is 0 Å². The molecule has 0 aromatic heterocycles. The fourth-order valence-electron chi connectivity index (χ4n) is 2.49. The van der Waals surface area contributed by atoms with Gasteiger partial charge in [0.1, 0.15) is 0 Å². The number of nitrogens with zero attached hydrogens (tertiary/aromatic N) is 1. The molecule has 0 unspecified atom stereocenters. The molecule has 0 heterocycles. The first-order chi connectivity index (χ1) is 11.9. The van der Waals surface area contributed by atoms with Gasteiger partial charge in [0.05, 0.1) is 0 Å². The maximum absolute atomic E-state index is 14.2. The summed E-state index contributed by atoms with van der Waals surface area (Å²) in [6, 6.07) is -1.05. The molecular formula is C13H14F11NO2. The van der Waals surface area contributed by atoms with E-state index in [0.29, 0.717) is 26.3 Å². The van der Waals surface area contributed by atoms with Crippen molar-refractivity contribution in [3.63, 3.8) is 0 Å². The summed E-state index contributed by atoms with van der Waals surface area (Å²) in [7, 11) is 0.585. The summed E-state index contributed by atoms with van der Waals surface area (Å²) in [6.45, 7) is 0. The highest BCUT2D eigenvalue weighted by atomic mass is 19.4. The summed E-state index contributed by atoms with van der Waals surface area (Å²) >= 11 is 0. The van der Waals surface area contributed by atoms with Crippen molar-refractivity contribution in [2.45, 2.75) is 68.4 Å². The summed E-state index contributed by atoms with van der Waals surface area (Å²) in [4.78, 5) is 11.8. The molecule has 0 aromatic carbocycles. The monoisotopic (exact) mass is 425 g/mol. The van der Waals surface area contributed by atoms with Gasteiger partial charge in [0.25, 0.3) is 5.91 Å². The lowest BCUT2D eigenvalue weighted by Crippen LogP contribution is -2.64. The Bertz CT molecular complexity index is 539. The average molecular weight is 425 g/mol. The maximum atomic E-state index is 14.2. The Labute approximate surface area is 145 Å². The molecule has 0 aliphatic heterocycles. The molecule has 0 radical (unpaired) electrons. The molecule has 0 bridgehead atoms. The van der Waals surface area contributed by atoms with E-state index in [1.54, 1.807) is 0 Å². The normalized spacial score (nSPS) is 20.3. The van der Waals surface area contributed by atoms with Crippen LogP contribution in [0.1, 0.15) is 32.1 Å². The third-order valence-electron chi connectivity index (χ3n) is 4.07. The minimum absolute atomic E-state index is 0.0362. The number of alkyl halides is 11. The number of likely N-dealkylation sites (N-methyl/N-ethyl adjacent to an activating group) is 1. The van der Waals surface area contributed by atoms with Gasteiger partial charge >= 0.3 is 30.2 Å². The lowest BCUT2D eigenvalue weighted by atomic mass is 9.94. The van der Waals surface area contributed by atoms with Gasteiger partial charge in [-0.25, -0.2) is 0 Å². The van der Waals surface area contributed by atoms with Crippen LogP contribution < -0.4 is 0 Å². The van der Waals surface area contributed by atoms with Gasteiger partial charge in [-0.2, -0.15) is 48.3 Å². The minimum Gasteiger partial charge on any atom is -0.337 e. The van der Waals surface area contributed by atoms with Crippen LogP contribution in [0.25, 0.3) is 0 Å². The van der Waals surface area contributed by atoms with Gasteiger partial charge in [0.15, 0.2) is 0 Å². The van der Waals surface area contributed by atoms with Gasteiger partial charge < -0.3 is 4.90 Å². The number of hydrogen-bond donors (Lipinski definition) is 0. The van der Waals surface area contributed by atoms with Crippen LogP contribution in [-0.4, -0.2) is 54.1 Å². The Hall–Kier alpha value is -1.34. The molecule has 160 valence electrons. The number of rotatable bonds is 5. The van der Waals surface area contributed by atoms with E-state index < -0.39 is 42.2 Å². The quantitative estimate of drug-likeness (QED) is 0.592. The fourth-order valence-corrected chi connectivity index (χ4v) is 2.49. The second kappa shape index (κ2) is 7.24. The average Bonchev–Trinajstić information content (AvgIpc) is 2.51. The van der Waals surface area contributed by atoms with Crippen molar-refractivity contribution in [1.82, 2.24) is 4.90 Å². The molecule has 0 saturated heterocycles. The molecule has 1 saturated carbocycles. The molecule has 1 rings (SSSR count). The van der Waals surface area contributed by atoms with Crippen molar-refractivity contribution in [3.8, 4) is 0 Å². The van der Waals surface area contributed by atoms with E-state index in [0.717, 1.165) is 0 Å². The van der Waals surface area contributed by atoms with Gasteiger partial charge in [-0.05, 0) is 12.8 Å².